The fraction of sp³-hybridized carbons (Fsp3) is 0.308. The first-order chi connectivity index (χ1) is 7.76. The van der Waals surface area contributed by atoms with Crippen LogP contribution in [0.1, 0.15) is 18.1 Å². The predicted octanol–water partition coefficient (Wildman–Crippen LogP) is 2.34. The van der Waals surface area contributed by atoms with Crippen LogP contribution >= 0.6 is 0 Å². The molecule has 2 aromatic rings. The van der Waals surface area contributed by atoms with Crippen molar-refractivity contribution in [1.29, 1.82) is 0 Å². The van der Waals surface area contributed by atoms with E-state index in [1.807, 2.05) is 12.4 Å². The van der Waals surface area contributed by atoms with Gasteiger partial charge in [0.15, 0.2) is 0 Å². The number of aryl methyl sites for hydroxylation is 2. The second-order valence-electron chi connectivity index (χ2n) is 3.89. The zero-order valence-corrected chi connectivity index (χ0v) is 9.77. The third kappa shape index (κ3) is 1.86. The van der Waals surface area contributed by atoms with Crippen LogP contribution in [-0.2, 0) is 13.1 Å². The van der Waals surface area contributed by atoms with Crippen LogP contribution in [-0.4, -0.2) is 9.55 Å². The number of nitrogens with two attached hydrogens (primary N) is 1. The zero-order chi connectivity index (χ0) is 11.5. The third-order valence-corrected chi connectivity index (χ3v) is 2.82. The van der Waals surface area contributed by atoms with E-state index in [-0.39, 0.29) is 0 Å². The molecular formula is C13H17N3. The van der Waals surface area contributed by atoms with E-state index >= 15 is 0 Å². The van der Waals surface area contributed by atoms with Crippen molar-refractivity contribution in [3.8, 4) is 11.4 Å². The standard InChI is InChI=1S/C13H17N3/c1-3-16-7-6-15-13(16)12-5-4-11(9-14)8-10(12)2/h4-8H,3,9,14H2,1-2H3. The van der Waals surface area contributed by atoms with E-state index in [2.05, 4.69) is 41.6 Å². The molecule has 0 fully saturated rings. The highest BCUT2D eigenvalue weighted by Gasteiger charge is 2.07. The lowest BCUT2D eigenvalue weighted by molar-refractivity contribution is 0.770. The van der Waals surface area contributed by atoms with E-state index in [4.69, 9.17) is 5.73 Å². The molecule has 2 rings (SSSR count). The molecule has 0 atom stereocenters. The monoisotopic (exact) mass is 215 g/mol. The number of rotatable bonds is 3. The Morgan fingerprint density at radius 2 is 2.19 bits per heavy atom. The van der Waals surface area contributed by atoms with Crippen molar-refractivity contribution in [3.05, 3.63) is 41.7 Å². The van der Waals surface area contributed by atoms with E-state index in [9.17, 15) is 0 Å². The fourth-order valence-corrected chi connectivity index (χ4v) is 1.91. The first-order valence-corrected chi connectivity index (χ1v) is 5.57. The Kier molecular flexibility index (Phi) is 3.06. The SMILES string of the molecule is CCn1ccnc1-c1ccc(CN)cc1C. The van der Waals surface area contributed by atoms with E-state index in [1.165, 1.54) is 11.1 Å². The van der Waals surface area contributed by atoms with Crippen LogP contribution in [0.15, 0.2) is 30.6 Å². The van der Waals surface area contributed by atoms with Crippen molar-refractivity contribution in [2.75, 3.05) is 0 Å². The number of hydrogen-bond donors (Lipinski definition) is 1. The highest BCUT2D eigenvalue weighted by molar-refractivity contribution is 5.61. The molecule has 0 aliphatic carbocycles. The van der Waals surface area contributed by atoms with Crippen LogP contribution < -0.4 is 5.73 Å². The van der Waals surface area contributed by atoms with Crippen molar-refractivity contribution in [3.63, 3.8) is 0 Å². The quantitative estimate of drug-likeness (QED) is 0.854. The van der Waals surface area contributed by atoms with Gasteiger partial charge in [0, 0.05) is 31.0 Å². The van der Waals surface area contributed by atoms with Gasteiger partial charge in [0.2, 0.25) is 0 Å². The molecule has 0 bridgehead atoms. The number of nitrogens with zero attached hydrogens (tertiary/aromatic N) is 2. The van der Waals surface area contributed by atoms with Gasteiger partial charge < -0.3 is 10.3 Å². The minimum Gasteiger partial charge on any atom is -0.331 e. The predicted molar refractivity (Wildman–Crippen MR) is 66.0 cm³/mol. The van der Waals surface area contributed by atoms with Gasteiger partial charge in [-0.1, -0.05) is 18.2 Å². The molecule has 3 heteroatoms. The summed E-state index contributed by atoms with van der Waals surface area (Å²) in [5.41, 5.74) is 9.20. The second kappa shape index (κ2) is 4.49. The second-order valence-corrected chi connectivity index (χ2v) is 3.89. The molecule has 16 heavy (non-hydrogen) atoms. The summed E-state index contributed by atoms with van der Waals surface area (Å²) in [5.74, 6) is 1.03. The molecule has 1 heterocycles. The third-order valence-electron chi connectivity index (χ3n) is 2.82. The molecule has 0 saturated carbocycles. The van der Waals surface area contributed by atoms with E-state index in [0.717, 1.165) is 17.9 Å². The maximum absolute atomic E-state index is 5.62. The van der Waals surface area contributed by atoms with Crippen molar-refractivity contribution in [2.45, 2.75) is 26.9 Å². The summed E-state index contributed by atoms with van der Waals surface area (Å²) in [4.78, 5) is 4.41. The van der Waals surface area contributed by atoms with E-state index in [1.54, 1.807) is 0 Å². The summed E-state index contributed by atoms with van der Waals surface area (Å²) in [5, 5.41) is 0. The van der Waals surface area contributed by atoms with Crippen LogP contribution in [0.25, 0.3) is 11.4 Å². The summed E-state index contributed by atoms with van der Waals surface area (Å²) in [6.07, 6.45) is 3.85. The Balaban J connectivity index is 2.48. The van der Waals surface area contributed by atoms with Crippen molar-refractivity contribution < 1.29 is 0 Å². The lowest BCUT2D eigenvalue weighted by Crippen LogP contribution is -2.00. The Morgan fingerprint density at radius 1 is 1.38 bits per heavy atom. The van der Waals surface area contributed by atoms with Crippen LogP contribution in [0, 0.1) is 6.92 Å². The van der Waals surface area contributed by atoms with E-state index in [0.29, 0.717) is 6.54 Å². The molecule has 84 valence electrons. The molecular weight excluding hydrogens is 198 g/mol. The summed E-state index contributed by atoms with van der Waals surface area (Å²) < 4.78 is 2.14. The average molecular weight is 215 g/mol. The van der Waals surface area contributed by atoms with Crippen LogP contribution in [0.5, 0.6) is 0 Å². The fourth-order valence-electron chi connectivity index (χ4n) is 1.91. The van der Waals surface area contributed by atoms with Crippen LogP contribution in [0.2, 0.25) is 0 Å². The zero-order valence-electron chi connectivity index (χ0n) is 9.77. The van der Waals surface area contributed by atoms with Gasteiger partial charge in [0.1, 0.15) is 5.82 Å². The molecule has 0 amide bonds. The van der Waals surface area contributed by atoms with Crippen LogP contribution in [0.3, 0.4) is 0 Å². The molecule has 1 aromatic heterocycles. The van der Waals surface area contributed by atoms with Gasteiger partial charge in [0.25, 0.3) is 0 Å². The molecule has 1 aromatic carbocycles. The maximum Gasteiger partial charge on any atom is 0.140 e. The highest BCUT2D eigenvalue weighted by atomic mass is 15.1. The molecule has 0 saturated heterocycles. The number of imidazole rings is 1. The van der Waals surface area contributed by atoms with Gasteiger partial charge in [0.05, 0.1) is 0 Å². The van der Waals surface area contributed by atoms with Gasteiger partial charge in [-0.05, 0) is 25.0 Å². The molecule has 0 unspecified atom stereocenters. The molecule has 0 spiro atoms. The van der Waals surface area contributed by atoms with Gasteiger partial charge >= 0.3 is 0 Å². The number of aromatic nitrogens is 2. The smallest absolute Gasteiger partial charge is 0.140 e. The first kappa shape index (κ1) is 10.9. The van der Waals surface area contributed by atoms with Crippen molar-refractivity contribution in [1.82, 2.24) is 9.55 Å². The lowest BCUT2D eigenvalue weighted by atomic mass is 10.0. The van der Waals surface area contributed by atoms with Crippen LogP contribution in [0.4, 0.5) is 0 Å². The highest BCUT2D eigenvalue weighted by Crippen LogP contribution is 2.22. The number of hydrogen-bond acceptors (Lipinski definition) is 2. The van der Waals surface area contributed by atoms with Crippen molar-refractivity contribution in [2.24, 2.45) is 5.73 Å². The summed E-state index contributed by atoms with van der Waals surface area (Å²) in [6, 6.07) is 6.30. The van der Waals surface area contributed by atoms with Gasteiger partial charge in [-0.2, -0.15) is 0 Å². The Labute approximate surface area is 95.9 Å². The lowest BCUT2D eigenvalue weighted by Gasteiger charge is -2.09. The molecule has 3 nitrogen and oxygen atoms in total. The van der Waals surface area contributed by atoms with Gasteiger partial charge in [-0.15, -0.1) is 0 Å². The minimum atomic E-state index is 0.587. The van der Waals surface area contributed by atoms with Crippen molar-refractivity contribution >= 4 is 0 Å². The molecule has 0 radical (unpaired) electrons. The average Bonchev–Trinajstić information content (AvgIpc) is 2.76. The summed E-state index contributed by atoms with van der Waals surface area (Å²) in [7, 11) is 0. The summed E-state index contributed by atoms with van der Waals surface area (Å²) >= 11 is 0. The van der Waals surface area contributed by atoms with Gasteiger partial charge in [-0.25, -0.2) is 4.98 Å². The Hall–Kier alpha value is -1.61. The largest absolute Gasteiger partial charge is 0.331 e. The molecule has 0 aliphatic rings. The maximum atomic E-state index is 5.62. The van der Waals surface area contributed by atoms with E-state index < -0.39 is 0 Å². The Bertz CT molecular complexity index is 486. The first-order valence-electron chi connectivity index (χ1n) is 5.57. The molecule has 2 N–H and O–H groups in total. The molecule has 0 aliphatic heterocycles. The minimum absolute atomic E-state index is 0.587. The summed E-state index contributed by atoms with van der Waals surface area (Å²) in [6.45, 7) is 5.74. The number of benzene rings is 1. The normalized spacial score (nSPS) is 10.7. The topological polar surface area (TPSA) is 43.8 Å². The van der Waals surface area contributed by atoms with Gasteiger partial charge in [-0.3, -0.25) is 0 Å². The Morgan fingerprint density at radius 3 is 2.81 bits per heavy atom.